The second-order valence-electron chi connectivity index (χ2n) is 5.93. The summed E-state index contributed by atoms with van der Waals surface area (Å²) in [5, 5.41) is 20.6. The summed E-state index contributed by atoms with van der Waals surface area (Å²) in [4.78, 5) is 33.2. The number of hydrogen-bond donors (Lipinski definition) is 3. The molecule has 7 heteroatoms. The summed E-state index contributed by atoms with van der Waals surface area (Å²) >= 11 is 0. The molecule has 0 bridgehead atoms. The van der Waals surface area contributed by atoms with Crippen LogP contribution in [0.15, 0.2) is 24.3 Å². The molecule has 1 fully saturated rings. The van der Waals surface area contributed by atoms with Crippen molar-refractivity contribution in [2.75, 3.05) is 13.2 Å². The van der Waals surface area contributed by atoms with Crippen molar-refractivity contribution < 1.29 is 29.3 Å². The molecule has 7 nitrogen and oxygen atoms in total. The van der Waals surface area contributed by atoms with Gasteiger partial charge in [0.05, 0.1) is 18.9 Å². The van der Waals surface area contributed by atoms with Gasteiger partial charge >= 0.3 is 18.0 Å². The lowest BCUT2D eigenvalue weighted by molar-refractivity contribution is -0.148. The van der Waals surface area contributed by atoms with Gasteiger partial charge in [-0.2, -0.15) is 0 Å². The van der Waals surface area contributed by atoms with Gasteiger partial charge in [-0.25, -0.2) is 4.79 Å². The number of amides is 1. The summed E-state index contributed by atoms with van der Waals surface area (Å²) in [5.41, 5.74) is 1.84. The van der Waals surface area contributed by atoms with E-state index in [-0.39, 0.29) is 12.3 Å². The van der Waals surface area contributed by atoms with Gasteiger partial charge in [0, 0.05) is 12.5 Å². The molecule has 1 aromatic carbocycles. The van der Waals surface area contributed by atoms with Crippen molar-refractivity contribution in [1.82, 2.24) is 5.32 Å². The van der Waals surface area contributed by atoms with Crippen LogP contribution in [-0.2, 0) is 20.7 Å². The Morgan fingerprint density at radius 3 is 2.58 bits per heavy atom. The van der Waals surface area contributed by atoms with Gasteiger partial charge < -0.3 is 20.3 Å². The molecule has 2 atom stereocenters. The number of ether oxygens (including phenoxy) is 1. The average molecular weight is 335 g/mol. The normalized spacial score (nSPS) is 19.3. The van der Waals surface area contributed by atoms with E-state index in [1.165, 1.54) is 0 Å². The highest BCUT2D eigenvalue weighted by Crippen LogP contribution is 2.23. The molecule has 2 rings (SSSR count). The predicted molar refractivity (Wildman–Crippen MR) is 84.9 cm³/mol. The summed E-state index contributed by atoms with van der Waals surface area (Å²) in [6.45, 7) is 0.894. The molecular weight excluding hydrogens is 314 g/mol. The van der Waals surface area contributed by atoms with E-state index in [0.717, 1.165) is 24.0 Å². The minimum Gasteiger partial charge on any atom is -0.481 e. The minimum atomic E-state index is -1.12. The summed E-state index contributed by atoms with van der Waals surface area (Å²) in [5.74, 6) is -2.98. The van der Waals surface area contributed by atoms with Crippen LogP contribution in [-0.4, -0.2) is 41.4 Å². The highest BCUT2D eigenvalue weighted by atomic mass is 16.5. The minimum absolute atomic E-state index is 0.178. The number of carboxylic acids is 2. The molecule has 0 aliphatic carbocycles. The third kappa shape index (κ3) is 5.26. The maximum Gasteiger partial charge on any atom is 0.407 e. The highest BCUT2D eigenvalue weighted by molar-refractivity contribution is 5.78. The van der Waals surface area contributed by atoms with Gasteiger partial charge in [-0.3, -0.25) is 9.59 Å². The molecule has 1 amide bonds. The number of carbonyl (C=O) groups excluding carboxylic acids is 1. The van der Waals surface area contributed by atoms with Crippen molar-refractivity contribution in [1.29, 1.82) is 0 Å². The number of hydrogen-bond acceptors (Lipinski definition) is 4. The third-order valence-electron chi connectivity index (χ3n) is 4.13. The molecule has 0 radical (unpaired) electrons. The van der Waals surface area contributed by atoms with Crippen LogP contribution in [0.1, 0.15) is 36.3 Å². The van der Waals surface area contributed by atoms with Gasteiger partial charge in [-0.15, -0.1) is 0 Å². The molecule has 1 unspecified atom stereocenters. The highest BCUT2D eigenvalue weighted by Gasteiger charge is 2.22. The quantitative estimate of drug-likeness (QED) is 0.733. The summed E-state index contributed by atoms with van der Waals surface area (Å²) < 4.78 is 4.93. The number of rotatable bonds is 6. The van der Waals surface area contributed by atoms with Gasteiger partial charge in [-0.05, 0) is 30.4 Å². The lowest BCUT2D eigenvalue weighted by Gasteiger charge is -2.21. The Kier molecular flexibility index (Phi) is 6.17. The average Bonchev–Trinajstić information content (AvgIpc) is 2.51. The Balaban J connectivity index is 2.02. The first-order valence-electron chi connectivity index (χ1n) is 7.89. The fourth-order valence-corrected chi connectivity index (χ4v) is 2.81. The van der Waals surface area contributed by atoms with Crippen molar-refractivity contribution in [3.63, 3.8) is 0 Å². The molecule has 1 aliphatic heterocycles. The van der Waals surface area contributed by atoms with Crippen LogP contribution in [0.3, 0.4) is 0 Å². The monoisotopic (exact) mass is 335 g/mol. The van der Waals surface area contributed by atoms with E-state index in [9.17, 15) is 14.4 Å². The van der Waals surface area contributed by atoms with Gasteiger partial charge in [0.25, 0.3) is 0 Å². The Morgan fingerprint density at radius 2 is 1.96 bits per heavy atom. The van der Waals surface area contributed by atoms with Crippen LogP contribution < -0.4 is 5.32 Å². The van der Waals surface area contributed by atoms with Crippen LogP contribution in [0, 0.1) is 5.92 Å². The van der Waals surface area contributed by atoms with E-state index in [1.807, 2.05) is 24.3 Å². The zero-order chi connectivity index (χ0) is 17.5. The topological polar surface area (TPSA) is 113 Å². The standard InChI is InChI=1S/C17H21NO6/c19-15(20)9-14(16(21)22)8-11-3-5-12(6-4-11)13-2-1-7-24-17(23)18-10-13/h3-6,13-14H,1-2,7-10H2,(H,18,23)(H,19,20)(H,21,22)/t13-,14?/m1/s1. The fraction of sp³-hybridized carbons (Fsp3) is 0.471. The number of carbonyl (C=O) groups is 3. The maximum atomic E-state index is 11.3. The first kappa shape index (κ1) is 17.8. The Bertz CT molecular complexity index is 598. The van der Waals surface area contributed by atoms with Crippen LogP contribution in [0.2, 0.25) is 0 Å². The number of aliphatic carboxylic acids is 2. The zero-order valence-electron chi connectivity index (χ0n) is 13.2. The van der Waals surface area contributed by atoms with Crippen LogP contribution in [0.25, 0.3) is 0 Å². The second-order valence-corrected chi connectivity index (χ2v) is 5.93. The molecule has 0 spiro atoms. The fourth-order valence-electron chi connectivity index (χ4n) is 2.81. The molecule has 0 saturated carbocycles. The summed E-state index contributed by atoms with van der Waals surface area (Å²) in [6.07, 6.45) is 1.05. The van der Waals surface area contributed by atoms with E-state index in [4.69, 9.17) is 14.9 Å². The molecule has 130 valence electrons. The molecule has 24 heavy (non-hydrogen) atoms. The molecule has 0 aromatic heterocycles. The van der Waals surface area contributed by atoms with Crippen molar-refractivity contribution in [3.8, 4) is 0 Å². The third-order valence-corrected chi connectivity index (χ3v) is 4.13. The van der Waals surface area contributed by atoms with E-state index < -0.39 is 30.4 Å². The molecule has 1 aromatic rings. The lowest BCUT2D eigenvalue weighted by atomic mass is 9.91. The summed E-state index contributed by atoms with van der Waals surface area (Å²) in [6, 6.07) is 7.47. The molecular formula is C17H21NO6. The van der Waals surface area contributed by atoms with Crippen molar-refractivity contribution in [3.05, 3.63) is 35.4 Å². The first-order chi connectivity index (χ1) is 11.5. The van der Waals surface area contributed by atoms with Crippen LogP contribution >= 0.6 is 0 Å². The van der Waals surface area contributed by atoms with E-state index in [0.29, 0.717) is 13.2 Å². The smallest absolute Gasteiger partial charge is 0.407 e. The number of benzene rings is 1. The van der Waals surface area contributed by atoms with Gasteiger partial charge in [0.2, 0.25) is 0 Å². The Labute approximate surface area is 139 Å². The largest absolute Gasteiger partial charge is 0.481 e. The number of cyclic esters (lactones) is 1. The van der Waals surface area contributed by atoms with Gasteiger partial charge in [-0.1, -0.05) is 24.3 Å². The number of nitrogens with one attached hydrogen (secondary N) is 1. The zero-order valence-corrected chi connectivity index (χ0v) is 13.2. The molecule has 1 heterocycles. The van der Waals surface area contributed by atoms with E-state index in [1.54, 1.807) is 0 Å². The Morgan fingerprint density at radius 1 is 1.25 bits per heavy atom. The van der Waals surface area contributed by atoms with Crippen LogP contribution in [0.5, 0.6) is 0 Å². The first-order valence-corrected chi connectivity index (χ1v) is 7.89. The van der Waals surface area contributed by atoms with Crippen molar-refractivity contribution in [2.45, 2.75) is 31.6 Å². The van der Waals surface area contributed by atoms with Crippen LogP contribution in [0.4, 0.5) is 4.79 Å². The number of carboxylic acid groups (broad SMARTS) is 2. The molecule has 3 N–H and O–H groups in total. The second kappa shape index (κ2) is 8.33. The summed E-state index contributed by atoms with van der Waals surface area (Å²) in [7, 11) is 0. The SMILES string of the molecule is O=C(O)CC(Cc1ccc([C@@H]2CCCOC(=O)NC2)cc1)C(=O)O. The number of alkyl carbamates (subject to hydrolysis) is 1. The predicted octanol–water partition coefficient (Wildman–Crippen LogP) is 2.01. The molecule has 1 saturated heterocycles. The van der Waals surface area contributed by atoms with E-state index in [2.05, 4.69) is 5.32 Å². The maximum absolute atomic E-state index is 11.3. The van der Waals surface area contributed by atoms with Crippen molar-refractivity contribution in [2.24, 2.45) is 5.92 Å². The van der Waals surface area contributed by atoms with E-state index >= 15 is 0 Å². The van der Waals surface area contributed by atoms with Gasteiger partial charge in [0.15, 0.2) is 0 Å². The van der Waals surface area contributed by atoms with Crippen molar-refractivity contribution >= 4 is 18.0 Å². The van der Waals surface area contributed by atoms with Gasteiger partial charge in [0.1, 0.15) is 0 Å². The lowest BCUT2D eigenvalue weighted by Crippen LogP contribution is -2.31. The Hall–Kier alpha value is -2.57. The molecule has 1 aliphatic rings.